The highest BCUT2D eigenvalue weighted by Gasteiger charge is 2.24. The summed E-state index contributed by atoms with van der Waals surface area (Å²) in [5.74, 6) is 1.49. The molecule has 7 nitrogen and oxygen atoms in total. The van der Waals surface area contributed by atoms with Gasteiger partial charge in [0.25, 0.3) is 0 Å². The second-order valence-electron chi connectivity index (χ2n) is 8.47. The number of amides is 1. The van der Waals surface area contributed by atoms with Gasteiger partial charge in [-0.2, -0.15) is 0 Å². The van der Waals surface area contributed by atoms with Gasteiger partial charge in [-0.25, -0.2) is 4.79 Å². The summed E-state index contributed by atoms with van der Waals surface area (Å²) in [6.45, 7) is 16.5. The van der Waals surface area contributed by atoms with Crippen molar-refractivity contribution in [3.8, 4) is 0 Å². The van der Waals surface area contributed by atoms with Crippen LogP contribution in [-0.2, 0) is 9.47 Å². The van der Waals surface area contributed by atoms with E-state index in [1.54, 1.807) is 4.90 Å². The van der Waals surface area contributed by atoms with Crippen LogP contribution in [0.4, 0.5) is 4.79 Å². The molecule has 1 N–H and O–H groups in total. The first-order valence-corrected chi connectivity index (χ1v) is 10.2. The molecule has 0 spiro atoms. The zero-order valence-corrected chi connectivity index (χ0v) is 21.1. The van der Waals surface area contributed by atoms with E-state index in [-0.39, 0.29) is 36.1 Å². The summed E-state index contributed by atoms with van der Waals surface area (Å²) in [4.78, 5) is 21.0. The molecule has 0 radical (unpaired) electrons. The third-order valence-corrected chi connectivity index (χ3v) is 4.32. The van der Waals surface area contributed by atoms with Crippen LogP contribution in [0.15, 0.2) is 4.99 Å². The maximum atomic E-state index is 12.4. The fraction of sp³-hybridized carbons (Fsp3) is 0.900. The van der Waals surface area contributed by atoms with E-state index in [1.807, 2.05) is 34.6 Å². The van der Waals surface area contributed by atoms with Gasteiger partial charge in [-0.3, -0.25) is 4.99 Å². The van der Waals surface area contributed by atoms with E-state index in [0.29, 0.717) is 19.0 Å². The second kappa shape index (κ2) is 13.5. The summed E-state index contributed by atoms with van der Waals surface area (Å²) in [6.07, 6.45) is 1.65. The van der Waals surface area contributed by atoms with E-state index in [4.69, 9.17) is 14.5 Å². The third-order valence-electron chi connectivity index (χ3n) is 4.32. The molecule has 166 valence electrons. The number of carbonyl (C=O) groups excluding carboxylic acids is 1. The molecule has 1 saturated heterocycles. The predicted molar refractivity (Wildman–Crippen MR) is 126 cm³/mol. The van der Waals surface area contributed by atoms with Crippen molar-refractivity contribution in [3.63, 3.8) is 0 Å². The molecule has 28 heavy (non-hydrogen) atoms. The largest absolute Gasteiger partial charge is 0.444 e. The van der Waals surface area contributed by atoms with Crippen LogP contribution in [0.5, 0.6) is 0 Å². The zero-order chi connectivity index (χ0) is 20.4. The molecular formula is C20H41IN4O3. The number of aliphatic imine (C=N–C) groups is 1. The lowest BCUT2D eigenvalue weighted by Gasteiger charge is -2.30. The Morgan fingerprint density at radius 2 is 2.04 bits per heavy atom. The molecule has 1 amide bonds. The molecule has 1 aliphatic heterocycles. The smallest absolute Gasteiger partial charge is 0.410 e. The molecule has 1 atom stereocenters. The van der Waals surface area contributed by atoms with Gasteiger partial charge >= 0.3 is 6.09 Å². The molecule has 0 aromatic heterocycles. The van der Waals surface area contributed by atoms with Crippen molar-refractivity contribution in [3.05, 3.63) is 0 Å². The first kappa shape index (κ1) is 27.2. The van der Waals surface area contributed by atoms with Crippen LogP contribution in [0, 0.1) is 5.92 Å². The molecule has 1 unspecified atom stereocenters. The molecular weight excluding hydrogens is 471 g/mol. The number of hydrogen-bond donors (Lipinski definition) is 1. The molecule has 1 heterocycles. The monoisotopic (exact) mass is 512 g/mol. The Kier molecular flexibility index (Phi) is 13.1. The van der Waals surface area contributed by atoms with Crippen LogP contribution in [0.3, 0.4) is 0 Å². The Bertz CT molecular complexity index is 475. The molecule has 1 aliphatic rings. The Morgan fingerprint density at radius 3 is 2.54 bits per heavy atom. The fourth-order valence-corrected chi connectivity index (χ4v) is 2.98. The Hall–Kier alpha value is -0.770. The van der Waals surface area contributed by atoms with Crippen molar-refractivity contribution in [2.75, 3.05) is 46.4 Å². The van der Waals surface area contributed by atoms with Gasteiger partial charge in [0.1, 0.15) is 5.60 Å². The number of carbonyl (C=O) groups is 1. The molecule has 1 rings (SSSR count). The molecule has 0 aliphatic carbocycles. The number of rotatable bonds is 8. The van der Waals surface area contributed by atoms with E-state index in [0.717, 1.165) is 45.1 Å². The van der Waals surface area contributed by atoms with Crippen molar-refractivity contribution >= 4 is 36.0 Å². The molecule has 0 aromatic carbocycles. The molecule has 1 fully saturated rings. The van der Waals surface area contributed by atoms with Crippen molar-refractivity contribution in [2.45, 2.75) is 66.0 Å². The zero-order valence-electron chi connectivity index (χ0n) is 18.8. The topological polar surface area (TPSA) is 66.4 Å². The molecule has 0 aromatic rings. The highest BCUT2D eigenvalue weighted by Crippen LogP contribution is 2.14. The van der Waals surface area contributed by atoms with Crippen LogP contribution in [-0.4, -0.2) is 79.9 Å². The minimum Gasteiger partial charge on any atom is -0.444 e. The predicted octanol–water partition coefficient (Wildman–Crippen LogP) is 3.57. The number of ether oxygens (including phenoxy) is 2. The van der Waals surface area contributed by atoms with Gasteiger partial charge in [0, 0.05) is 51.8 Å². The summed E-state index contributed by atoms with van der Waals surface area (Å²) in [6, 6.07) is 0.0992. The van der Waals surface area contributed by atoms with Crippen molar-refractivity contribution < 1.29 is 14.3 Å². The number of hydrogen-bond acceptors (Lipinski definition) is 4. The first-order chi connectivity index (χ1) is 12.6. The number of nitrogens with one attached hydrogen (secondary N) is 1. The van der Waals surface area contributed by atoms with Crippen LogP contribution in [0.1, 0.15) is 54.4 Å². The average Bonchev–Trinajstić information content (AvgIpc) is 3.04. The van der Waals surface area contributed by atoms with E-state index in [1.165, 1.54) is 0 Å². The summed E-state index contributed by atoms with van der Waals surface area (Å²) in [7, 11) is 2.07. The number of halogens is 1. The maximum absolute atomic E-state index is 12.4. The Balaban J connectivity index is 0.00000729. The number of guanidine groups is 1. The van der Waals surface area contributed by atoms with Crippen LogP contribution >= 0.6 is 24.0 Å². The van der Waals surface area contributed by atoms with Gasteiger partial charge in [0.15, 0.2) is 5.96 Å². The second-order valence-corrected chi connectivity index (χ2v) is 8.47. The van der Waals surface area contributed by atoms with Crippen LogP contribution in [0.2, 0.25) is 0 Å². The van der Waals surface area contributed by atoms with Gasteiger partial charge < -0.3 is 24.6 Å². The lowest BCUT2D eigenvalue weighted by Crippen LogP contribution is -2.42. The van der Waals surface area contributed by atoms with Crippen molar-refractivity contribution in [2.24, 2.45) is 10.9 Å². The van der Waals surface area contributed by atoms with E-state index in [2.05, 4.69) is 24.2 Å². The van der Waals surface area contributed by atoms with Crippen molar-refractivity contribution in [1.82, 2.24) is 15.1 Å². The summed E-state index contributed by atoms with van der Waals surface area (Å²) < 4.78 is 11.0. The van der Waals surface area contributed by atoms with E-state index >= 15 is 0 Å². The van der Waals surface area contributed by atoms with Gasteiger partial charge in [0.05, 0.1) is 6.61 Å². The molecule has 0 bridgehead atoms. The Morgan fingerprint density at radius 1 is 1.36 bits per heavy atom. The standard InChI is InChI=1S/C20H40N4O3.HI/c1-8-21-18(23(7)14-17-10-13-26-15-17)22-11-9-12-24(16(2)3)19(25)27-20(4,5)6;/h16-17H,8-15H2,1-7H3,(H,21,22);1H. The lowest BCUT2D eigenvalue weighted by atomic mass is 10.1. The minimum absolute atomic E-state index is 0. The quantitative estimate of drug-likeness (QED) is 0.233. The summed E-state index contributed by atoms with van der Waals surface area (Å²) in [5.41, 5.74) is -0.479. The molecule has 0 saturated carbocycles. The van der Waals surface area contributed by atoms with E-state index in [9.17, 15) is 4.79 Å². The minimum atomic E-state index is -0.479. The number of nitrogens with zero attached hydrogens (tertiary/aromatic N) is 3. The SMILES string of the molecule is CCNC(=NCCCN(C(=O)OC(C)(C)C)C(C)C)N(C)CC1CCOC1.I. The highest BCUT2D eigenvalue weighted by molar-refractivity contribution is 14.0. The fourth-order valence-electron chi connectivity index (χ4n) is 2.98. The normalized spacial score (nSPS) is 17.3. The summed E-state index contributed by atoms with van der Waals surface area (Å²) >= 11 is 0. The highest BCUT2D eigenvalue weighted by atomic mass is 127. The average molecular weight is 512 g/mol. The van der Waals surface area contributed by atoms with Crippen LogP contribution < -0.4 is 5.32 Å². The Labute approximate surface area is 188 Å². The molecule has 8 heteroatoms. The maximum Gasteiger partial charge on any atom is 0.410 e. The third kappa shape index (κ3) is 10.7. The van der Waals surface area contributed by atoms with Gasteiger partial charge in [-0.05, 0) is 54.4 Å². The lowest BCUT2D eigenvalue weighted by molar-refractivity contribution is 0.0190. The first-order valence-electron chi connectivity index (χ1n) is 10.2. The van der Waals surface area contributed by atoms with Gasteiger partial charge in [-0.15, -0.1) is 24.0 Å². The van der Waals surface area contributed by atoms with Crippen LogP contribution in [0.25, 0.3) is 0 Å². The van der Waals surface area contributed by atoms with Gasteiger partial charge in [0.2, 0.25) is 0 Å². The van der Waals surface area contributed by atoms with Crippen molar-refractivity contribution in [1.29, 1.82) is 0 Å². The van der Waals surface area contributed by atoms with E-state index < -0.39 is 5.60 Å². The van der Waals surface area contributed by atoms with Gasteiger partial charge in [-0.1, -0.05) is 0 Å². The summed E-state index contributed by atoms with van der Waals surface area (Å²) in [5, 5.41) is 3.35.